The van der Waals surface area contributed by atoms with Gasteiger partial charge >= 0.3 is 19.8 Å². The molecule has 0 aliphatic carbocycles. The molecule has 346 valence electrons. The fraction of sp³-hybridized carbons (Fsp3) is 0.720. The Kier molecular flexibility index (Phi) is 40.0. The zero-order chi connectivity index (χ0) is 44.3. The number of rotatable bonds is 42. The summed E-state index contributed by atoms with van der Waals surface area (Å²) in [6.07, 6.45) is 52.7. The van der Waals surface area contributed by atoms with E-state index in [0.29, 0.717) is 17.4 Å². The molecule has 9 nitrogen and oxygen atoms in total. The molecule has 0 spiro atoms. The molecule has 0 aliphatic heterocycles. The predicted octanol–water partition coefficient (Wildman–Crippen LogP) is 13.8. The summed E-state index contributed by atoms with van der Waals surface area (Å²) >= 11 is 0. The molecule has 0 amide bonds. The normalized spacial score (nSPS) is 14.2. The smallest absolute Gasteiger partial charge is 0.462 e. The average molecular weight is 863 g/mol. The first-order chi connectivity index (χ1) is 29.0. The minimum Gasteiger partial charge on any atom is -0.462 e. The van der Waals surface area contributed by atoms with Crippen LogP contribution in [0.25, 0.3) is 0 Å². The van der Waals surface area contributed by atoms with Crippen molar-refractivity contribution in [1.29, 1.82) is 0 Å². The van der Waals surface area contributed by atoms with Crippen LogP contribution in [0.4, 0.5) is 0 Å². The third-order valence-electron chi connectivity index (χ3n) is 9.73. The third-order valence-corrected chi connectivity index (χ3v) is 10.7. The Morgan fingerprint density at radius 3 is 1.48 bits per heavy atom. The highest BCUT2D eigenvalue weighted by Gasteiger charge is 2.27. The summed E-state index contributed by atoms with van der Waals surface area (Å²) < 4.78 is 34.2. The number of phosphoric acid groups is 1. The van der Waals surface area contributed by atoms with Crippen molar-refractivity contribution >= 4 is 19.8 Å². The summed E-state index contributed by atoms with van der Waals surface area (Å²) in [5.41, 5.74) is 0. The summed E-state index contributed by atoms with van der Waals surface area (Å²) in [7, 11) is 1.42. The van der Waals surface area contributed by atoms with E-state index in [1.165, 1.54) is 96.3 Å². The van der Waals surface area contributed by atoms with Gasteiger partial charge in [0.2, 0.25) is 0 Å². The zero-order valence-corrected chi connectivity index (χ0v) is 39.8. The molecule has 10 heteroatoms. The van der Waals surface area contributed by atoms with Crippen LogP contribution >= 0.6 is 7.82 Å². The summed E-state index contributed by atoms with van der Waals surface area (Å²) in [5.74, 6) is -0.899. The van der Waals surface area contributed by atoms with Crippen LogP contribution in [0.3, 0.4) is 0 Å². The lowest BCUT2D eigenvalue weighted by atomic mass is 10.0. The van der Waals surface area contributed by atoms with E-state index in [-0.39, 0.29) is 26.1 Å². The Labute approximate surface area is 368 Å². The number of phosphoric ester groups is 1. The van der Waals surface area contributed by atoms with Gasteiger partial charge in [-0.3, -0.25) is 18.6 Å². The van der Waals surface area contributed by atoms with Crippen molar-refractivity contribution in [3.8, 4) is 0 Å². The van der Waals surface area contributed by atoms with E-state index >= 15 is 0 Å². The summed E-state index contributed by atoms with van der Waals surface area (Å²) in [6.45, 7) is 4.20. The van der Waals surface area contributed by atoms with Gasteiger partial charge < -0.3 is 18.9 Å². The molecule has 2 unspecified atom stereocenters. The van der Waals surface area contributed by atoms with Crippen molar-refractivity contribution in [2.24, 2.45) is 0 Å². The number of carbonyl (C=O) groups is 2. The highest BCUT2D eigenvalue weighted by molar-refractivity contribution is 7.47. The molecule has 0 saturated carbocycles. The van der Waals surface area contributed by atoms with Crippen LogP contribution in [-0.2, 0) is 32.7 Å². The second-order valence-corrected chi connectivity index (χ2v) is 18.2. The predicted molar refractivity (Wildman–Crippen MR) is 252 cm³/mol. The number of quaternary nitrogens is 1. The van der Waals surface area contributed by atoms with Crippen LogP contribution < -0.4 is 0 Å². The average Bonchev–Trinajstić information content (AvgIpc) is 3.20. The quantitative estimate of drug-likeness (QED) is 0.0212. The van der Waals surface area contributed by atoms with E-state index in [0.717, 1.165) is 51.4 Å². The van der Waals surface area contributed by atoms with Gasteiger partial charge in [0.15, 0.2) is 6.10 Å². The van der Waals surface area contributed by atoms with Gasteiger partial charge in [0, 0.05) is 12.8 Å². The first kappa shape index (κ1) is 57.4. The van der Waals surface area contributed by atoms with Crippen LogP contribution in [-0.4, -0.2) is 74.9 Å². The van der Waals surface area contributed by atoms with Crippen LogP contribution in [0, 0.1) is 0 Å². The standard InChI is InChI=1S/C50H88NO8P/c1-6-8-10-12-14-16-18-20-21-22-23-24-25-26-27-28-29-31-32-34-36-38-40-42-49(52)56-46-48(47-58-60(54,55)57-45-44-51(3,4)5)59-50(53)43-41-39-37-35-33-30-19-17-15-13-11-9-7-2/h9,11,15,17-18,20,22-23,30,33,37,39,48H,6-8,10,12-14,16,19,21,24-29,31-32,34-36,38,40-47H2,1-5H3/p+1/b11-9-,17-15-,20-18-,23-22-,33-30-,39-37-. The van der Waals surface area contributed by atoms with Crippen molar-refractivity contribution in [2.75, 3.05) is 47.5 Å². The largest absolute Gasteiger partial charge is 0.472 e. The topological polar surface area (TPSA) is 108 Å². The number of hydrogen-bond donors (Lipinski definition) is 1. The summed E-state index contributed by atoms with van der Waals surface area (Å²) in [4.78, 5) is 35.4. The second kappa shape index (κ2) is 41.8. The third kappa shape index (κ3) is 45.0. The van der Waals surface area contributed by atoms with E-state index in [1.54, 1.807) is 0 Å². The SMILES string of the molecule is CC/C=C\C/C=C\C/C=C\C/C=C\CCC(=O)OC(COC(=O)CCCCCCCCCCCCC/C=C\C/C=C\CCCCCCC)COP(=O)(O)OCC[N+](C)(C)C. The molecule has 1 N–H and O–H groups in total. The minimum absolute atomic E-state index is 0.0158. The van der Waals surface area contributed by atoms with Gasteiger partial charge in [0.05, 0.1) is 27.7 Å². The molecule has 0 radical (unpaired) electrons. The first-order valence-electron chi connectivity index (χ1n) is 23.7. The van der Waals surface area contributed by atoms with Crippen molar-refractivity contribution in [3.05, 3.63) is 72.9 Å². The molecule has 0 saturated heterocycles. The van der Waals surface area contributed by atoms with E-state index in [1.807, 2.05) is 33.3 Å². The molecule has 0 heterocycles. The molecular weight excluding hydrogens is 774 g/mol. The highest BCUT2D eigenvalue weighted by Crippen LogP contribution is 2.43. The lowest BCUT2D eigenvalue weighted by Crippen LogP contribution is -2.37. The molecule has 0 aromatic heterocycles. The Morgan fingerprint density at radius 2 is 0.983 bits per heavy atom. The van der Waals surface area contributed by atoms with E-state index in [9.17, 15) is 19.0 Å². The van der Waals surface area contributed by atoms with E-state index in [2.05, 4.69) is 74.6 Å². The second-order valence-electron chi connectivity index (χ2n) is 16.8. The summed E-state index contributed by atoms with van der Waals surface area (Å²) in [6, 6.07) is 0. The van der Waals surface area contributed by atoms with Crippen LogP contribution in [0.15, 0.2) is 72.9 Å². The first-order valence-corrected chi connectivity index (χ1v) is 25.2. The van der Waals surface area contributed by atoms with E-state index in [4.69, 9.17) is 18.5 Å². The van der Waals surface area contributed by atoms with Gasteiger partial charge in [0.1, 0.15) is 19.8 Å². The van der Waals surface area contributed by atoms with Gasteiger partial charge in [0.25, 0.3) is 0 Å². The zero-order valence-electron chi connectivity index (χ0n) is 38.9. The number of esters is 2. The van der Waals surface area contributed by atoms with Crippen molar-refractivity contribution in [3.63, 3.8) is 0 Å². The molecule has 2 atom stereocenters. The van der Waals surface area contributed by atoms with Gasteiger partial charge in [-0.15, -0.1) is 0 Å². The number of carbonyl (C=O) groups excluding carboxylic acids is 2. The fourth-order valence-electron chi connectivity index (χ4n) is 6.06. The Morgan fingerprint density at radius 1 is 0.533 bits per heavy atom. The Bertz CT molecular complexity index is 1250. The van der Waals surface area contributed by atoms with Gasteiger partial charge in [-0.1, -0.05) is 170 Å². The molecule has 0 bridgehead atoms. The van der Waals surface area contributed by atoms with E-state index < -0.39 is 32.5 Å². The molecule has 0 aromatic rings. The minimum atomic E-state index is -4.40. The molecule has 0 aliphatic rings. The van der Waals surface area contributed by atoms with Crippen LogP contribution in [0.5, 0.6) is 0 Å². The van der Waals surface area contributed by atoms with Crippen molar-refractivity contribution < 1.29 is 42.1 Å². The molecular formula is C50H89NO8P+. The van der Waals surface area contributed by atoms with Crippen molar-refractivity contribution in [2.45, 2.75) is 187 Å². The summed E-state index contributed by atoms with van der Waals surface area (Å²) in [5, 5.41) is 0. The monoisotopic (exact) mass is 863 g/mol. The lowest BCUT2D eigenvalue weighted by molar-refractivity contribution is -0.870. The van der Waals surface area contributed by atoms with Gasteiger partial charge in [-0.05, 0) is 70.6 Å². The molecule has 60 heavy (non-hydrogen) atoms. The molecule has 0 fully saturated rings. The highest BCUT2D eigenvalue weighted by atomic mass is 31.2. The van der Waals surface area contributed by atoms with Crippen molar-refractivity contribution in [1.82, 2.24) is 0 Å². The van der Waals surface area contributed by atoms with Crippen LogP contribution in [0.2, 0.25) is 0 Å². The maximum Gasteiger partial charge on any atom is 0.472 e. The Balaban J connectivity index is 4.30. The number of nitrogens with zero attached hydrogens (tertiary/aromatic N) is 1. The van der Waals surface area contributed by atoms with Gasteiger partial charge in [-0.2, -0.15) is 0 Å². The number of ether oxygens (including phenoxy) is 2. The number of unbranched alkanes of at least 4 members (excludes halogenated alkanes) is 16. The molecule has 0 rings (SSSR count). The molecule has 0 aromatic carbocycles. The van der Waals surface area contributed by atoms with Gasteiger partial charge in [-0.25, -0.2) is 4.57 Å². The maximum atomic E-state index is 12.6. The Hall–Kier alpha value is -2.55. The fourth-order valence-corrected chi connectivity index (χ4v) is 6.80. The number of likely N-dealkylation sites (N-methyl/N-ethyl adjacent to an activating group) is 1. The lowest BCUT2D eigenvalue weighted by Gasteiger charge is -2.24. The maximum absolute atomic E-state index is 12.6. The number of hydrogen-bond acceptors (Lipinski definition) is 7. The van der Waals surface area contributed by atoms with Crippen LogP contribution in [0.1, 0.15) is 181 Å². The number of allylic oxidation sites excluding steroid dienone is 12.